The Morgan fingerprint density at radius 1 is 1.36 bits per heavy atom. The lowest BCUT2D eigenvalue weighted by atomic mass is 9.99. The van der Waals surface area contributed by atoms with Gasteiger partial charge in [0.2, 0.25) is 0 Å². The molecule has 0 aromatic heterocycles. The van der Waals surface area contributed by atoms with E-state index in [1.54, 1.807) is 0 Å². The molecule has 0 radical (unpaired) electrons. The summed E-state index contributed by atoms with van der Waals surface area (Å²) in [5.41, 5.74) is 8.61. The van der Waals surface area contributed by atoms with Gasteiger partial charge in [-0.25, -0.2) is 0 Å². The maximum absolute atomic E-state index is 6.14. The lowest BCUT2D eigenvalue weighted by Crippen LogP contribution is -2.11. The fraction of sp³-hybridized carbons (Fsp3) is 0.333. The van der Waals surface area contributed by atoms with Gasteiger partial charge in [0.05, 0.1) is 6.04 Å². The predicted molar refractivity (Wildman–Crippen MR) is 60.3 cm³/mol. The molecule has 1 aromatic rings. The van der Waals surface area contributed by atoms with E-state index in [0.717, 1.165) is 17.0 Å². The number of nitrogens with two attached hydrogens (primary N) is 1. The van der Waals surface area contributed by atoms with Crippen LogP contribution in [-0.4, -0.2) is 0 Å². The van der Waals surface area contributed by atoms with Crippen molar-refractivity contribution in [3.8, 4) is 0 Å². The van der Waals surface area contributed by atoms with Crippen LogP contribution in [0.1, 0.15) is 30.9 Å². The molecule has 1 aliphatic rings. The Morgan fingerprint density at radius 3 is 2.86 bits per heavy atom. The first-order valence-corrected chi connectivity index (χ1v) is 5.35. The molecule has 0 saturated heterocycles. The van der Waals surface area contributed by atoms with Gasteiger partial charge in [0, 0.05) is 5.02 Å². The average molecular weight is 208 g/mol. The number of benzene rings is 1. The van der Waals surface area contributed by atoms with Gasteiger partial charge in [-0.2, -0.15) is 0 Å². The number of allylic oxidation sites excluding steroid dienone is 1. The van der Waals surface area contributed by atoms with Crippen LogP contribution in [0.3, 0.4) is 0 Å². The van der Waals surface area contributed by atoms with Crippen molar-refractivity contribution in [2.45, 2.75) is 25.3 Å². The quantitative estimate of drug-likeness (QED) is 0.739. The van der Waals surface area contributed by atoms with Crippen molar-refractivity contribution in [3.63, 3.8) is 0 Å². The van der Waals surface area contributed by atoms with Gasteiger partial charge in [0.1, 0.15) is 0 Å². The van der Waals surface area contributed by atoms with Crippen molar-refractivity contribution in [2.75, 3.05) is 0 Å². The highest BCUT2D eigenvalue weighted by Crippen LogP contribution is 2.29. The van der Waals surface area contributed by atoms with Crippen LogP contribution in [-0.2, 0) is 0 Å². The van der Waals surface area contributed by atoms with E-state index in [0.29, 0.717) is 0 Å². The second kappa shape index (κ2) is 4.16. The van der Waals surface area contributed by atoms with E-state index >= 15 is 0 Å². The summed E-state index contributed by atoms with van der Waals surface area (Å²) in [4.78, 5) is 0. The Kier molecular flexibility index (Phi) is 2.90. The molecule has 0 amide bonds. The molecule has 2 heteroatoms. The molecule has 1 unspecified atom stereocenters. The van der Waals surface area contributed by atoms with E-state index in [4.69, 9.17) is 17.3 Å². The lowest BCUT2D eigenvalue weighted by Gasteiger charge is -2.13. The van der Waals surface area contributed by atoms with Gasteiger partial charge in [-0.3, -0.25) is 0 Å². The standard InChI is InChI=1S/C12H14ClN/c13-11-7-3-6-10(8-11)12(14)9-4-1-2-5-9/h3-4,6-8,12H,1-2,5,14H2. The Labute approximate surface area is 89.6 Å². The van der Waals surface area contributed by atoms with E-state index in [9.17, 15) is 0 Å². The van der Waals surface area contributed by atoms with Crippen molar-refractivity contribution < 1.29 is 0 Å². The third-order valence-electron chi connectivity index (χ3n) is 2.68. The largest absolute Gasteiger partial charge is 0.321 e. The van der Waals surface area contributed by atoms with Crippen molar-refractivity contribution in [1.29, 1.82) is 0 Å². The molecule has 2 N–H and O–H groups in total. The van der Waals surface area contributed by atoms with Gasteiger partial charge in [-0.05, 0) is 37.0 Å². The van der Waals surface area contributed by atoms with E-state index in [2.05, 4.69) is 6.08 Å². The summed E-state index contributed by atoms with van der Waals surface area (Å²) < 4.78 is 0. The molecule has 1 atom stereocenters. The molecule has 1 nitrogen and oxygen atoms in total. The zero-order valence-electron chi connectivity index (χ0n) is 8.04. The Hall–Kier alpha value is -0.790. The summed E-state index contributed by atoms with van der Waals surface area (Å²) >= 11 is 5.92. The molecular weight excluding hydrogens is 194 g/mol. The maximum Gasteiger partial charge on any atom is 0.0511 e. The molecule has 74 valence electrons. The molecule has 0 fully saturated rings. The van der Waals surface area contributed by atoms with E-state index < -0.39 is 0 Å². The topological polar surface area (TPSA) is 26.0 Å². The Bertz CT molecular complexity index is 357. The van der Waals surface area contributed by atoms with Crippen LogP contribution in [0.15, 0.2) is 35.9 Å². The minimum atomic E-state index is 0.0381. The van der Waals surface area contributed by atoms with E-state index in [1.165, 1.54) is 18.4 Å². The molecular formula is C12H14ClN. The Morgan fingerprint density at radius 2 is 2.21 bits per heavy atom. The first-order valence-electron chi connectivity index (χ1n) is 4.97. The summed E-state index contributed by atoms with van der Waals surface area (Å²) in [6, 6.07) is 7.85. The number of rotatable bonds is 2. The minimum Gasteiger partial charge on any atom is -0.321 e. The van der Waals surface area contributed by atoms with Gasteiger partial charge in [0.15, 0.2) is 0 Å². The molecule has 0 saturated carbocycles. The zero-order valence-corrected chi connectivity index (χ0v) is 8.80. The summed E-state index contributed by atoms with van der Waals surface area (Å²) in [7, 11) is 0. The normalized spacial score (nSPS) is 18.0. The first kappa shape index (κ1) is 9.75. The lowest BCUT2D eigenvalue weighted by molar-refractivity contribution is 0.785. The van der Waals surface area contributed by atoms with Gasteiger partial charge in [-0.15, -0.1) is 0 Å². The number of hydrogen-bond acceptors (Lipinski definition) is 1. The van der Waals surface area contributed by atoms with E-state index in [-0.39, 0.29) is 6.04 Å². The van der Waals surface area contributed by atoms with E-state index in [1.807, 2.05) is 24.3 Å². The monoisotopic (exact) mass is 207 g/mol. The van der Waals surface area contributed by atoms with Crippen molar-refractivity contribution >= 4 is 11.6 Å². The van der Waals surface area contributed by atoms with Crippen LogP contribution in [0.25, 0.3) is 0 Å². The highest BCUT2D eigenvalue weighted by Gasteiger charge is 2.14. The number of halogens is 1. The van der Waals surface area contributed by atoms with Gasteiger partial charge in [0.25, 0.3) is 0 Å². The van der Waals surface area contributed by atoms with Crippen molar-refractivity contribution in [3.05, 3.63) is 46.5 Å². The fourth-order valence-corrected chi connectivity index (χ4v) is 2.09. The Balaban J connectivity index is 2.22. The fourth-order valence-electron chi connectivity index (χ4n) is 1.89. The average Bonchev–Trinajstić information content (AvgIpc) is 2.69. The van der Waals surface area contributed by atoms with Crippen LogP contribution >= 0.6 is 11.6 Å². The third-order valence-corrected chi connectivity index (χ3v) is 2.92. The third kappa shape index (κ3) is 1.99. The minimum absolute atomic E-state index is 0.0381. The first-order chi connectivity index (χ1) is 6.77. The molecule has 0 heterocycles. The molecule has 1 aliphatic carbocycles. The summed E-state index contributed by atoms with van der Waals surface area (Å²) in [5.74, 6) is 0. The summed E-state index contributed by atoms with van der Waals surface area (Å²) in [6.07, 6.45) is 5.80. The highest BCUT2D eigenvalue weighted by atomic mass is 35.5. The number of hydrogen-bond donors (Lipinski definition) is 1. The molecule has 14 heavy (non-hydrogen) atoms. The van der Waals surface area contributed by atoms with Crippen LogP contribution < -0.4 is 5.73 Å². The summed E-state index contributed by atoms with van der Waals surface area (Å²) in [5, 5.41) is 0.761. The predicted octanol–water partition coefficient (Wildman–Crippen LogP) is 3.45. The smallest absolute Gasteiger partial charge is 0.0511 e. The van der Waals surface area contributed by atoms with Gasteiger partial charge in [-0.1, -0.05) is 35.4 Å². The van der Waals surface area contributed by atoms with Crippen LogP contribution in [0, 0.1) is 0 Å². The molecule has 0 spiro atoms. The second-order valence-electron chi connectivity index (χ2n) is 3.70. The van der Waals surface area contributed by atoms with Crippen LogP contribution in [0.2, 0.25) is 5.02 Å². The second-order valence-corrected chi connectivity index (χ2v) is 4.14. The summed E-state index contributed by atoms with van der Waals surface area (Å²) in [6.45, 7) is 0. The van der Waals surface area contributed by atoms with Crippen molar-refractivity contribution in [1.82, 2.24) is 0 Å². The SMILES string of the molecule is NC(C1=CCCC1)c1cccc(Cl)c1. The van der Waals surface area contributed by atoms with Gasteiger partial charge >= 0.3 is 0 Å². The molecule has 1 aromatic carbocycles. The molecule has 2 rings (SSSR count). The van der Waals surface area contributed by atoms with Crippen molar-refractivity contribution in [2.24, 2.45) is 5.73 Å². The van der Waals surface area contributed by atoms with Gasteiger partial charge < -0.3 is 5.73 Å². The molecule has 0 bridgehead atoms. The maximum atomic E-state index is 6.14. The van der Waals surface area contributed by atoms with Crippen LogP contribution in [0.4, 0.5) is 0 Å². The highest BCUT2D eigenvalue weighted by molar-refractivity contribution is 6.30. The van der Waals surface area contributed by atoms with Crippen LogP contribution in [0.5, 0.6) is 0 Å². The molecule has 0 aliphatic heterocycles. The zero-order chi connectivity index (χ0) is 9.97.